The first-order valence-corrected chi connectivity index (χ1v) is 10.0. The summed E-state index contributed by atoms with van der Waals surface area (Å²) < 4.78 is 41.8. The molecule has 0 bridgehead atoms. The molecule has 1 saturated heterocycles. The third kappa shape index (κ3) is 4.47. The second-order valence-corrected chi connectivity index (χ2v) is 7.80. The molecule has 3 aromatic rings. The number of aromatic nitrogens is 4. The van der Waals surface area contributed by atoms with Gasteiger partial charge in [0.1, 0.15) is 18.1 Å². The normalized spacial score (nSPS) is 17.5. The molecule has 3 aromatic heterocycles. The predicted octanol–water partition coefficient (Wildman–Crippen LogP) is 3.83. The SMILES string of the molecule is O=C(Cn1cccn1)N1CCC[C@H](c2nc(-c3cccs3)cc(C(F)(F)F)n2)C1. The number of thiophene rings is 1. The second kappa shape index (κ2) is 7.94. The Hall–Kier alpha value is -2.75. The Bertz CT molecular complexity index is 972. The molecule has 1 aliphatic rings. The van der Waals surface area contributed by atoms with Crippen LogP contribution in [0.2, 0.25) is 0 Å². The second-order valence-electron chi connectivity index (χ2n) is 6.85. The quantitative estimate of drug-likeness (QED) is 0.642. The standard InChI is InChI=1S/C19H18F3N5OS/c20-19(21,22)16-10-14(15-5-2-9-29-15)24-18(25-16)13-4-1-7-26(11-13)17(28)12-27-8-3-6-23-27/h2-3,5-6,8-10,13H,1,4,7,11-12H2/t13-/m0/s1. The Morgan fingerprint density at radius 2 is 2.14 bits per heavy atom. The molecule has 4 rings (SSSR count). The van der Waals surface area contributed by atoms with Crippen LogP contribution in [0.4, 0.5) is 13.2 Å². The van der Waals surface area contributed by atoms with Crippen LogP contribution in [0.3, 0.4) is 0 Å². The van der Waals surface area contributed by atoms with Gasteiger partial charge in [-0.25, -0.2) is 9.97 Å². The van der Waals surface area contributed by atoms with E-state index in [9.17, 15) is 18.0 Å². The molecule has 1 atom stereocenters. The molecule has 29 heavy (non-hydrogen) atoms. The van der Waals surface area contributed by atoms with Gasteiger partial charge in [-0.15, -0.1) is 11.3 Å². The van der Waals surface area contributed by atoms with Crippen LogP contribution >= 0.6 is 11.3 Å². The van der Waals surface area contributed by atoms with E-state index in [0.717, 1.165) is 6.07 Å². The fourth-order valence-corrected chi connectivity index (χ4v) is 4.08. The van der Waals surface area contributed by atoms with Gasteiger partial charge in [-0.3, -0.25) is 9.48 Å². The van der Waals surface area contributed by atoms with Crippen molar-refractivity contribution in [1.29, 1.82) is 0 Å². The average molecular weight is 421 g/mol. The molecule has 0 N–H and O–H groups in total. The number of hydrogen-bond donors (Lipinski definition) is 0. The van der Waals surface area contributed by atoms with Crippen molar-refractivity contribution in [3.63, 3.8) is 0 Å². The zero-order valence-corrected chi connectivity index (χ0v) is 16.2. The maximum atomic E-state index is 13.4. The molecule has 0 unspecified atom stereocenters. The highest BCUT2D eigenvalue weighted by Gasteiger charge is 2.35. The van der Waals surface area contributed by atoms with Gasteiger partial charge >= 0.3 is 6.18 Å². The number of alkyl halides is 3. The molecule has 0 radical (unpaired) electrons. The number of carbonyl (C=O) groups is 1. The third-order valence-electron chi connectivity index (χ3n) is 4.80. The minimum Gasteiger partial charge on any atom is -0.340 e. The molecule has 0 spiro atoms. The van der Waals surface area contributed by atoms with E-state index < -0.39 is 11.9 Å². The highest BCUT2D eigenvalue weighted by molar-refractivity contribution is 7.13. The van der Waals surface area contributed by atoms with Crippen LogP contribution < -0.4 is 0 Å². The summed E-state index contributed by atoms with van der Waals surface area (Å²) in [5.41, 5.74) is -0.691. The van der Waals surface area contributed by atoms with Crippen molar-refractivity contribution in [2.24, 2.45) is 0 Å². The largest absolute Gasteiger partial charge is 0.433 e. The summed E-state index contributed by atoms with van der Waals surface area (Å²) in [7, 11) is 0. The molecule has 152 valence electrons. The number of carbonyl (C=O) groups excluding carboxylic acids is 1. The van der Waals surface area contributed by atoms with Gasteiger partial charge in [-0.1, -0.05) is 6.07 Å². The summed E-state index contributed by atoms with van der Waals surface area (Å²) >= 11 is 1.33. The first-order chi connectivity index (χ1) is 13.9. The third-order valence-corrected chi connectivity index (χ3v) is 5.70. The van der Waals surface area contributed by atoms with E-state index in [0.29, 0.717) is 30.8 Å². The van der Waals surface area contributed by atoms with Gasteiger partial charge in [0.05, 0.1) is 10.6 Å². The Kier molecular flexibility index (Phi) is 5.35. The number of hydrogen-bond acceptors (Lipinski definition) is 5. The molecule has 1 aliphatic heterocycles. The van der Waals surface area contributed by atoms with E-state index in [1.807, 2.05) is 0 Å². The first kappa shape index (κ1) is 19.6. The summed E-state index contributed by atoms with van der Waals surface area (Å²) in [4.78, 5) is 23.1. The Labute approximate surface area is 169 Å². The smallest absolute Gasteiger partial charge is 0.340 e. The maximum absolute atomic E-state index is 13.4. The number of nitrogens with zero attached hydrogens (tertiary/aromatic N) is 5. The van der Waals surface area contributed by atoms with Gasteiger partial charge in [-0.05, 0) is 36.4 Å². The van der Waals surface area contributed by atoms with Crippen LogP contribution in [0.15, 0.2) is 42.0 Å². The van der Waals surface area contributed by atoms with Gasteiger partial charge in [0.15, 0.2) is 0 Å². The summed E-state index contributed by atoms with van der Waals surface area (Å²) in [6.45, 7) is 0.961. The van der Waals surface area contributed by atoms with E-state index in [4.69, 9.17) is 0 Å². The fraction of sp³-hybridized carbons (Fsp3) is 0.368. The van der Waals surface area contributed by atoms with Crippen LogP contribution in [0.1, 0.15) is 30.3 Å². The minimum absolute atomic E-state index is 0.101. The number of likely N-dealkylation sites (tertiary alicyclic amines) is 1. The van der Waals surface area contributed by atoms with Crippen LogP contribution in [0, 0.1) is 0 Å². The van der Waals surface area contributed by atoms with Gasteiger partial charge < -0.3 is 4.90 Å². The monoisotopic (exact) mass is 421 g/mol. The summed E-state index contributed by atoms with van der Waals surface area (Å²) in [5.74, 6) is -0.324. The van der Waals surface area contributed by atoms with Gasteiger partial charge in [0, 0.05) is 31.4 Å². The average Bonchev–Trinajstić information content (AvgIpc) is 3.41. The maximum Gasteiger partial charge on any atom is 0.433 e. The van der Waals surface area contributed by atoms with E-state index in [1.54, 1.807) is 40.9 Å². The van der Waals surface area contributed by atoms with Crippen LogP contribution in [-0.2, 0) is 17.5 Å². The number of piperidine rings is 1. The van der Waals surface area contributed by atoms with Crippen molar-refractivity contribution < 1.29 is 18.0 Å². The minimum atomic E-state index is -4.56. The van der Waals surface area contributed by atoms with Crippen molar-refractivity contribution in [1.82, 2.24) is 24.6 Å². The summed E-state index contributed by atoms with van der Waals surface area (Å²) in [5, 5.41) is 5.82. The lowest BCUT2D eigenvalue weighted by molar-refractivity contribution is -0.141. The predicted molar refractivity (Wildman–Crippen MR) is 101 cm³/mol. The first-order valence-electron chi connectivity index (χ1n) is 9.15. The molecule has 1 amide bonds. The lowest BCUT2D eigenvalue weighted by Gasteiger charge is -2.32. The Morgan fingerprint density at radius 1 is 1.28 bits per heavy atom. The van der Waals surface area contributed by atoms with Crippen molar-refractivity contribution in [2.75, 3.05) is 13.1 Å². The zero-order chi connectivity index (χ0) is 20.4. The molecular weight excluding hydrogens is 403 g/mol. The molecule has 0 aromatic carbocycles. The molecule has 10 heteroatoms. The highest BCUT2D eigenvalue weighted by atomic mass is 32.1. The molecule has 0 saturated carbocycles. The topological polar surface area (TPSA) is 63.9 Å². The van der Waals surface area contributed by atoms with E-state index in [2.05, 4.69) is 15.1 Å². The molecule has 1 fully saturated rings. The van der Waals surface area contributed by atoms with Crippen molar-refractivity contribution in [3.05, 3.63) is 53.6 Å². The van der Waals surface area contributed by atoms with E-state index in [1.165, 1.54) is 16.0 Å². The van der Waals surface area contributed by atoms with Crippen LogP contribution in [-0.4, -0.2) is 43.6 Å². The lowest BCUT2D eigenvalue weighted by atomic mass is 9.96. The Morgan fingerprint density at radius 3 is 2.83 bits per heavy atom. The molecule has 4 heterocycles. The van der Waals surface area contributed by atoms with Crippen molar-refractivity contribution >= 4 is 17.2 Å². The number of halogens is 3. The van der Waals surface area contributed by atoms with Gasteiger partial charge in [0.25, 0.3) is 0 Å². The molecule has 6 nitrogen and oxygen atoms in total. The molecular formula is C19H18F3N5OS. The summed E-state index contributed by atoms with van der Waals surface area (Å²) in [6, 6.07) is 6.22. The van der Waals surface area contributed by atoms with Crippen molar-refractivity contribution in [2.45, 2.75) is 31.5 Å². The zero-order valence-electron chi connectivity index (χ0n) is 15.3. The van der Waals surface area contributed by atoms with Crippen LogP contribution in [0.25, 0.3) is 10.6 Å². The van der Waals surface area contributed by atoms with Gasteiger partial charge in [0.2, 0.25) is 5.91 Å². The van der Waals surface area contributed by atoms with E-state index in [-0.39, 0.29) is 29.9 Å². The summed E-state index contributed by atoms with van der Waals surface area (Å²) in [6.07, 6.45) is 0.0472. The number of rotatable bonds is 4. The Balaban J connectivity index is 1.59. The lowest BCUT2D eigenvalue weighted by Crippen LogP contribution is -2.41. The molecule has 0 aliphatic carbocycles. The van der Waals surface area contributed by atoms with Gasteiger partial charge in [-0.2, -0.15) is 18.3 Å². The van der Waals surface area contributed by atoms with E-state index >= 15 is 0 Å². The highest BCUT2D eigenvalue weighted by Crippen LogP contribution is 2.34. The number of amides is 1. The fourth-order valence-electron chi connectivity index (χ4n) is 3.39. The van der Waals surface area contributed by atoms with Crippen molar-refractivity contribution in [3.8, 4) is 10.6 Å². The van der Waals surface area contributed by atoms with Crippen LogP contribution in [0.5, 0.6) is 0 Å².